The Morgan fingerprint density at radius 1 is 1.35 bits per heavy atom. The average molecular weight is 241 g/mol. The molecule has 1 heterocycles. The molecule has 1 saturated heterocycles. The van der Waals surface area contributed by atoms with Gasteiger partial charge >= 0.3 is 5.97 Å². The maximum absolute atomic E-state index is 10.9. The number of β-amino-alcohol motifs (C(OH)–C–C–N with tert-alkyl or cyclic N) is 1. The zero-order valence-corrected chi connectivity index (χ0v) is 10.6. The standard InChI is InChI=1S/C13H23NO3/c1-10-3-2-8-14(10)9-13(17)6-4-11(5-7-13)12(15)16/h10-11,17H,2-9H2,1H3,(H,15,16). The number of aliphatic carboxylic acids is 1. The minimum absolute atomic E-state index is 0.244. The molecule has 0 radical (unpaired) electrons. The van der Waals surface area contributed by atoms with E-state index < -0.39 is 11.6 Å². The van der Waals surface area contributed by atoms with Gasteiger partial charge in [-0.25, -0.2) is 0 Å². The van der Waals surface area contributed by atoms with E-state index in [4.69, 9.17) is 5.11 Å². The van der Waals surface area contributed by atoms with Crippen LogP contribution in [-0.2, 0) is 4.79 Å². The molecule has 0 aromatic carbocycles. The van der Waals surface area contributed by atoms with Gasteiger partial charge in [-0.05, 0) is 52.0 Å². The van der Waals surface area contributed by atoms with Gasteiger partial charge in [0.15, 0.2) is 0 Å². The van der Waals surface area contributed by atoms with Gasteiger partial charge in [-0.2, -0.15) is 0 Å². The maximum atomic E-state index is 10.9. The zero-order valence-electron chi connectivity index (χ0n) is 10.6. The van der Waals surface area contributed by atoms with Crippen molar-refractivity contribution in [1.82, 2.24) is 4.90 Å². The van der Waals surface area contributed by atoms with Crippen molar-refractivity contribution in [1.29, 1.82) is 0 Å². The SMILES string of the molecule is CC1CCCN1CC1(O)CCC(C(=O)O)CC1. The van der Waals surface area contributed by atoms with Gasteiger partial charge in [-0.15, -0.1) is 0 Å². The number of carbonyl (C=O) groups is 1. The number of rotatable bonds is 3. The molecule has 98 valence electrons. The Morgan fingerprint density at radius 2 is 2.00 bits per heavy atom. The number of hydrogen-bond acceptors (Lipinski definition) is 3. The second-order valence-electron chi connectivity index (χ2n) is 5.80. The van der Waals surface area contributed by atoms with Crippen molar-refractivity contribution in [2.75, 3.05) is 13.1 Å². The number of aliphatic hydroxyl groups is 1. The molecule has 17 heavy (non-hydrogen) atoms. The molecule has 1 saturated carbocycles. The van der Waals surface area contributed by atoms with Crippen molar-refractivity contribution < 1.29 is 15.0 Å². The van der Waals surface area contributed by atoms with Crippen LogP contribution in [0.5, 0.6) is 0 Å². The van der Waals surface area contributed by atoms with Crippen LogP contribution >= 0.6 is 0 Å². The van der Waals surface area contributed by atoms with E-state index in [1.807, 2.05) is 0 Å². The lowest BCUT2D eigenvalue weighted by atomic mass is 9.78. The number of carboxylic acids is 1. The van der Waals surface area contributed by atoms with E-state index in [0.717, 1.165) is 13.1 Å². The summed E-state index contributed by atoms with van der Waals surface area (Å²) in [4.78, 5) is 13.2. The van der Waals surface area contributed by atoms with Crippen LogP contribution in [0.15, 0.2) is 0 Å². The highest BCUT2D eigenvalue weighted by Crippen LogP contribution is 2.34. The van der Waals surface area contributed by atoms with Crippen LogP contribution in [0.25, 0.3) is 0 Å². The van der Waals surface area contributed by atoms with Crippen molar-refractivity contribution in [2.24, 2.45) is 5.92 Å². The fourth-order valence-corrected chi connectivity index (χ4v) is 3.17. The Balaban J connectivity index is 1.86. The van der Waals surface area contributed by atoms with Crippen molar-refractivity contribution >= 4 is 5.97 Å². The van der Waals surface area contributed by atoms with Crippen LogP contribution < -0.4 is 0 Å². The number of carboxylic acid groups (broad SMARTS) is 1. The smallest absolute Gasteiger partial charge is 0.306 e. The molecule has 4 heteroatoms. The van der Waals surface area contributed by atoms with Crippen LogP contribution in [0, 0.1) is 5.92 Å². The topological polar surface area (TPSA) is 60.8 Å². The highest BCUT2D eigenvalue weighted by atomic mass is 16.4. The normalized spacial score (nSPS) is 39.4. The Kier molecular flexibility index (Phi) is 3.73. The summed E-state index contributed by atoms with van der Waals surface area (Å²) in [5.41, 5.74) is -0.648. The number of nitrogens with zero attached hydrogens (tertiary/aromatic N) is 1. The lowest BCUT2D eigenvalue weighted by molar-refractivity contribution is -0.145. The highest BCUT2D eigenvalue weighted by Gasteiger charge is 2.38. The minimum atomic E-state index is -0.707. The first-order valence-corrected chi connectivity index (χ1v) is 6.69. The van der Waals surface area contributed by atoms with Gasteiger partial charge in [-0.3, -0.25) is 9.69 Å². The van der Waals surface area contributed by atoms with Crippen LogP contribution in [0.4, 0.5) is 0 Å². The minimum Gasteiger partial charge on any atom is -0.481 e. The fraction of sp³-hybridized carbons (Fsp3) is 0.923. The Labute approximate surface area is 103 Å². The maximum Gasteiger partial charge on any atom is 0.306 e. The molecule has 4 nitrogen and oxygen atoms in total. The third-order valence-corrected chi connectivity index (χ3v) is 4.45. The predicted molar refractivity (Wildman–Crippen MR) is 64.8 cm³/mol. The monoisotopic (exact) mass is 241 g/mol. The second kappa shape index (κ2) is 4.94. The molecule has 2 fully saturated rings. The molecule has 2 N–H and O–H groups in total. The van der Waals surface area contributed by atoms with Crippen molar-refractivity contribution in [2.45, 2.75) is 57.1 Å². The Morgan fingerprint density at radius 3 is 2.47 bits per heavy atom. The summed E-state index contributed by atoms with van der Waals surface area (Å²) in [6, 6.07) is 0.566. The molecule has 0 aromatic rings. The molecule has 1 aliphatic heterocycles. The Bertz CT molecular complexity index is 284. The quantitative estimate of drug-likeness (QED) is 0.785. The molecule has 0 bridgehead atoms. The first kappa shape index (κ1) is 12.8. The second-order valence-corrected chi connectivity index (χ2v) is 5.80. The third-order valence-electron chi connectivity index (χ3n) is 4.45. The molecule has 2 rings (SSSR count). The molecule has 1 unspecified atom stereocenters. The Hall–Kier alpha value is -0.610. The van der Waals surface area contributed by atoms with E-state index in [1.165, 1.54) is 12.8 Å². The van der Waals surface area contributed by atoms with Crippen molar-refractivity contribution in [3.8, 4) is 0 Å². The molecule has 1 atom stereocenters. The van der Waals surface area contributed by atoms with Gasteiger partial charge < -0.3 is 10.2 Å². The summed E-state index contributed by atoms with van der Waals surface area (Å²) in [5.74, 6) is -0.951. The van der Waals surface area contributed by atoms with Crippen LogP contribution in [0.3, 0.4) is 0 Å². The van der Waals surface area contributed by atoms with Gasteiger partial charge in [0, 0.05) is 12.6 Å². The number of likely N-dealkylation sites (tertiary alicyclic amines) is 1. The fourth-order valence-electron chi connectivity index (χ4n) is 3.17. The van der Waals surface area contributed by atoms with Crippen molar-refractivity contribution in [3.63, 3.8) is 0 Å². The van der Waals surface area contributed by atoms with Crippen molar-refractivity contribution in [3.05, 3.63) is 0 Å². The first-order chi connectivity index (χ1) is 8.00. The summed E-state index contributed by atoms with van der Waals surface area (Å²) < 4.78 is 0. The summed E-state index contributed by atoms with van der Waals surface area (Å²) in [6.45, 7) is 4.01. The van der Waals surface area contributed by atoms with Gasteiger partial charge in [0.2, 0.25) is 0 Å². The predicted octanol–water partition coefficient (Wildman–Crippen LogP) is 1.48. The van der Waals surface area contributed by atoms with E-state index in [9.17, 15) is 9.90 Å². The summed E-state index contributed by atoms with van der Waals surface area (Å²) in [7, 11) is 0. The van der Waals surface area contributed by atoms with E-state index in [1.54, 1.807) is 0 Å². The van der Waals surface area contributed by atoms with Crippen LogP contribution in [0.1, 0.15) is 45.4 Å². The van der Waals surface area contributed by atoms with E-state index in [0.29, 0.717) is 31.7 Å². The average Bonchev–Trinajstić information content (AvgIpc) is 2.64. The molecule has 0 spiro atoms. The van der Waals surface area contributed by atoms with Gasteiger partial charge in [0.25, 0.3) is 0 Å². The summed E-state index contributed by atoms with van der Waals surface area (Å²) >= 11 is 0. The highest BCUT2D eigenvalue weighted by molar-refractivity contribution is 5.70. The molecule has 1 aliphatic carbocycles. The van der Waals surface area contributed by atoms with Crippen LogP contribution in [0.2, 0.25) is 0 Å². The molecule has 2 aliphatic rings. The lowest BCUT2D eigenvalue weighted by Crippen LogP contribution is -2.47. The summed E-state index contributed by atoms with van der Waals surface area (Å²) in [6.07, 6.45) is 4.94. The largest absolute Gasteiger partial charge is 0.481 e. The van der Waals surface area contributed by atoms with Crippen LogP contribution in [-0.4, -0.2) is 45.8 Å². The molecular weight excluding hydrogens is 218 g/mol. The van der Waals surface area contributed by atoms with E-state index in [2.05, 4.69) is 11.8 Å². The zero-order chi connectivity index (χ0) is 12.5. The third kappa shape index (κ3) is 2.99. The first-order valence-electron chi connectivity index (χ1n) is 6.69. The van der Waals surface area contributed by atoms with Gasteiger partial charge in [0.05, 0.1) is 11.5 Å². The summed E-state index contributed by atoms with van der Waals surface area (Å²) in [5, 5.41) is 19.5. The van der Waals surface area contributed by atoms with E-state index >= 15 is 0 Å². The lowest BCUT2D eigenvalue weighted by Gasteiger charge is -2.38. The van der Waals surface area contributed by atoms with Gasteiger partial charge in [0.1, 0.15) is 0 Å². The number of hydrogen-bond donors (Lipinski definition) is 2. The van der Waals surface area contributed by atoms with E-state index in [-0.39, 0.29) is 5.92 Å². The molecule has 0 aromatic heterocycles. The molecule has 0 amide bonds. The van der Waals surface area contributed by atoms with Gasteiger partial charge in [-0.1, -0.05) is 0 Å². The molecular formula is C13H23NO3.